The van der Waals surface area contributed by atoms with E-state index in [-0.39, 0.29) is 6.04 Å². The summed E-state index contributed by atoms with van der Waals surface area (Å²) < 4.78 is 2.44. The fourth-order valence-corrected chi connectivity index (χ4v) is 4.09. The van der Waals surface area contributed by atoms with Gasteiger partial charge in [0.2, 0.25) is 0 Å². The second-order valence-electron chi connectivity index (χ2n) is 6.87. The third-order valence-corrected chi connectivity index (χ3v) is 5.27. The minimum absolute atomic E-state index is 0.156. The smallest absolute Gasteiger partial charge is 0.0927 e. The van der Waals surface area contributed by atoms with E-state index in [1.807, 2.05) is 0 Å². The number of nitrogens with one attached hydrogen (secondary N) is 1. The van der Waals surface area contributed by atoms with Crippen LogP contribution in [0.5, 0.6) is 0 Å². The lowest BCUT2D eigenvalue weighted by Gasteiger charge is -2.30. The zero-order valence-electron chi connectivity index (χ0n) is 14.5. The Labute approximate surface area is 147 Å². The van der Waals surface area contributed by atoms with Crippen molar-refractivity contribution in [2.75, 3.05) is 5.32 Å². The Hall–Kier alpha value is -3.00. The number of nitrogens with zero attached hydrogens (tertiary/aromatic N) is 1. The molecule has 1 unspecified atom stereocenters. The second kappa shape index (κ2) is 5.25. The molecular weight excluding hydrogens is 304 g/mol. The summed E-state index contributed by atoms with van der Waals surface area (Å²) in [7, 11) is 0. The Balaban J connectivity index is 1.89. The van der Waals surface area contributed by atoms with Gasteiger partial charge in [-0.25, -0.2) is 0 Å². The molecule has 0 fully saturated rings. The molecule has 0 radical (unpaired) electrons. The van der Waals surface area contributed by atoms with Gasteiger partial charge >= 0.3 is 0 Å². The molecule has 1 aliphatic rings. The van der Waals surface area contributed by atoms with E-state index in [4.69, 9.17) is 0 Å². The maximum Gasteiger partial charge on any atom is 0.0927 e. The summed E-state index contributed by atoms with van der Waals surface area (Å²) in [6.07, 6.45) is 0. The normalized spacial score (nSPS) is 15.5. The van der Waals surface area contributed by atoms with E-state index in [1.165, 1.54) is 44.7 Å². The van der Waals surface area contributed by atoms with Crippen molar-refractivity contribution >= 4 is 16.6 Å². The van der Waals surface area contributed by atoms with Gasteiger partial charge in [-0.15, -0.1) is 0 Å². The molecule has 1 N–H and O–H groups in total. The molecule has 122 valence electrons. The fourth-order valence-electron chi connectivity index (χ4n) is 4.09. The highest BCUT2D eigenvalue weighted by Gasteiger charge is 2.29. The lowest BCUT2D eigenvalue weighted by molar-refractivity contribution is 0.813. The van der Waals surface area contributed by atoms with Crippen molar-refractivity contribution in [1.29, 1.82) is 0 Å². The van der Waals surface area contributed by atoms with Gasteiger partial charge in [0.25, 0.3) is 0 Å². The first-order valence-electron chi connectivity index (χ1n) is 8.76. The van der Waals surface area contributed by atoms with Gasteiger partial charge in [-0.2, -0.15) is 0 Å². The van der Waals surface area contributed by atoms with Crippen LogP contribution in [0.1, 0.15) is 28.4 Å². The maximum atomic E-state index is 3.77. The van der Waals surface area contributed by atoms with Gasteiger partial charge in [-0.1, -0.05) is 54.1 Å². The van der Waals surface area contributed by atoms with Gasteiger partial charge in [-0.3, -0.25) is 0 Å². The van der Waals surface area contributed by atoms with Crippen molar-refractivity contribution in [1.82, 2.24) is 4.57 Å². The standard InChI is InChI=1S/C23H20N2/c1-15-12-13-20-18(14-15)16(2)23-22(17-8-4-3-5-9-17)24-19-10-6-7-11-21(19)25(20)23/h3-14,22,24H,1-2H3. The van der Waals surface area contributed by atoms with E-state index < -0.39 is 0 Å². The first kappa shape index (κ1) is 14.4. The van der Waals surface area contributed by atoms with Crippen molar-refractivity contribution < 1.29 is 0 Å². The highest BCUT2D eigenvalue weighted by atomic mass is 15.1. The third-order valence-electron chi connectivity index (χ3n) is 5.27. The number of fused-ring (bicyclic) bond motifs is 5. The minimum atomic E-state index is 0.156. The Kier molecular flexibility index (Phi) is 3.01. The van der Waals surface area contributed by atoms with Crippen LogP contribution >= 0.6 is 0 Å². The topological polar surface area (TPSA) is 17.0 Å². The average molecular weight is 324 g/mol. The van der Waals surface area contributed by atoms with Gasteiger partial charge in [0.15, 0.2) is 0 Å². The molecule has 4 aromatic rings. The average Bonchev–Trinajstić information content (AvgIpc) is 2.95. The van der Waals surface area contributed by atoms with E-state index in [0.29, 0.717) is 0 Å². The largest absolute Gasteiger partial charge is 0.371 e. The molecule has 0 amide bonds. The van der Waals surface area contributed by atoms with Crippen LogP contribution < -0.4 is 5.32 Å². The van der Waals surface area contributed by atoms with Crippen LogP contribution in [-0.2, 0) is 0 Å². The molecule has 1 aliphatic heterocycles. The summed E-state index contributed by atoms with van der Waals surface area (Å²) in [5.74, 6) is 0. The first-order chi connectivity index (χ1) is 12.2. The lowest BCUT2D eigenvalue weighted by atomic mass is 9.97. The molecule has 2 heteroatoms. The van der Waals surface area contributed by atoms with Crippen LogP contribution in [0.2, 0.25) is 0 Å². The van der Waals surface area contributed by atoms with Crippen molar-refractivity contribution in [2.45, 2.75) is 19.9 Å². The molecule has 25 heavy (non-hydrogen) atoms. The molecule has 2 heterocycles. The lowest BCUT2D eigenvalue weighted by Crippen LogP contribution is -2.22. The van der Waals surface area contributed by atoms with Crippen LogP contribution in [0.25, 0.3) is 16.6 Å². The highest BCUT2D eigenvalue weighted by molar-refractivity contribution is 5.90. The van der Waals surface area contributed by atoms with Crippen molar-refractivity contribution in [3.8, 4) is 5.69 Å². The number of aromatic nitrogens is 1. The number of aryl methyl sites for hydroxylation is 2. The Morgan fingerprint density at radius 2 is 1.60 bits per heavy atom. The molecule has 0 aliphatic carbocycles. The van der Waals surface area contributed by atoms with E-state index in [0.717, 1.165) is 0 Å². The van der Waals surface area contributed by atoms with Crippen molar-refractivity contribution in [3.05, 3.63) is 95.2 Å². The van der Waals surface area contributed by atoms with Crippen LogP contribution in [-0.4, -0.2) is 4.57 Å². The molecule has 0 bridgehead atoms. The van der Waals surface area contributed by atoms with Gasteiger partial charge in [0.05, 0.1) is 28.6 Å². The van der Waals surface area contributed by atoms with E-state index >= 15 is 0 Å². The predicted molar refractivity (Wildman–Crippen MR) is 105 cm³/mol. The summed E-state index contributed by atoms with van der Waals surface area (Å²) in [5, 5.41) is 5.11. The maximum absolute atomic E-state index is 3.77. The number of benzene rings is 3. The molecule has 0 saturated heterocycles. The van der Waals surface area contributed by atoms with Gasteiger partial charge in [0, 0.05) is 5.39 Å². The summed E-state index contributed by atoms with van der Waals surface area (Å²) in [5.41, 5.74) is 8.98. The Morgan fingerprint density at radius 1 is 0.840 bits per heavy atom. The second-order valence-corrected chi connectivity index (χ2v) is 6.87. The molecule has 1 aromatic heterocycles. The number of rotatable bonds is 1. The summed E-state index contributed by atoms with van der Waals surface area (Å²) in [6.45, 7) is 4.41. The van der Waals surface area contributed by atoms with E-state index in [1.54, 1.807) is 0 Å². The zero-order chi connectivity index (χ0) is 17.0. The van der Waals surface area contributed by atoms with Crippen LogP contribution in [0.4, 0.5) is 5.69 Å². The fraction of sp³-hybridized carbons (Fsp3) is 0.130. The monoisotopic (exact) mass is 324 g/mol. The third kappa shape index (κ3) is 2.04. The molecule has 1 atom stereocenters. The number of hydrogen-bond acceptors (Lipinski definition) is 1. The highest BCUT2D eigenvalue weighted by Crippen LogP contribution is 2.43. The summed E-state index contributed by atoms with van der Waals surface area (Å²) in [6, 6.07) is 26.2. The van der Waals surface area contributed by atoms with E-state index in [9.17, 15) is 0 Å². The summed E-state index contributed by atoms with van der Waals surface area (Å²) >= 11 is 0. The summed E-state index contributed by atoms with van der Waals surface area (Å²) in [4.78, 5) is 0. The van der Waals surface area contributed by atoms with Crippen molar-refractivity contribution in [3.63, 3.8) is 0 Å². The Bertz CT molecular complexity index is 1090. The Morgan fingerprint density at radius 3 is 2.44 bits per heavy atom. The number of anilines is 1. The number of para-hydroxylation sites is 2. The minimum Gasteiger partial charge on any atom is -0.371 e. The van der Waals surface area contributed by atoms with Gasteiger partial charge < -0.3 is 9.88 Å². The molecule has 3 aromatic carbocycles. The van der Waals surface area contributed by atoms with E-state index in [2.05, 4.69) is 96.5 Å². The SMILES string of the molecule is Cc1ccc2c(c1)c(C)c1n2-c2ccccc2NC1c1ccccc1. The molecule has 0 saturated carbocycles. The van der Waals surface area contributed by atoms with Crippen LogP contribution in [0.15, 0.2) is 72.8 Å². The first-order valence-corrected chi connectivity index (χ1v) is 8.76. The molecule has 5 rings (SSSR count). The molecule has 2 nitrogen and oxygen atoms in total. The quantitative estimate of drug-likeness (QED) is 0.471. The van der Waals surface area contributed by atoms with Crippen molar-refractivity contribution in [2.24, 2.45) is 0 Å². The zero-order valence-corrected chi connectivity index (χ0v) is 14.5. The number of hydrogen-bond donors (Lipinski definition) is 1. The van der Waals surface area contributed by atoms with Crippen LogP contribution in [0, 0.1) is 13.8 Å². The molecule has 0 spiro atoms. The van der Waals surface area contributed by atoms with Gasteiger partial charge in [-0.05, 0) is 49.2 Å². The van der Waals surface area contributed by atoms with Gasteiger partial charge in [0.1, 0.15) is 0 Å². The molecular formula is C23H20N2. The van der Waals surface area contributed by atoms with Crippen LogP contribution in [0.3, 0.4) is 0 Å². The predicted octanol–water partition coefficient (Wildman–Crippen LogP) is 5.76.